The zero-order valence-corrected chi connectivity index (χ0v) is 10.3. The molecule has 0 aliphatic heterocycles. The van der Waals surface area contributed by atoms with Crippen LogP contribution in [0.1, 0.15) is 6.92 Å². The van der Waals surface area contributed by atoms with Crippen molar-refractivity contribution in [3.05, 3.63) is 29.0 Å². The second-order valence-corrected chi connectivity index (χ2v) is 3.99. The summed E-state index contributed by atoms with van der Waals surface area (Å²) < 4.78 is 17.7. The number of hydrogen-bond acceptors (Lipinski definition) is 2. The number of amides is 2. The Bertz CT molecular complexity index is 401. The molecule has 0 saturated carbocycles. The van der Waals surface area contributed by atoms with Gasteiger partial charge in [-0.3, -0.25) is 0 Å². The number of anilines is 1. The van der Waals surface area contributed by atoms with Crippen LogP contribution in [0.2, 0.25) is 5.02 Å². The van der Waals surface area contributed by atoms with E-state index in [9.17, 15) is 9.18 Å². The number of benzene rings is 1. The summed E-state index contributed by atoms with van der Waals surface area (Å²) in [6.45, 7) is 2.22. The van der Waals surface area contributed by atoms with Crippen LogP contribution < -0.4 is 10.6 Å². The normalized spacial score (nSPS) is 12.0. The molecule has 0 aromatic heterocycles. The van der Waals surface area contributed by atoms with E-state index in [1.165, 1.54) is 18.2 Å². The first-order valence-electron chi connectivity index (χ1n) is 5.04. The minimum Gasteiger partial charge on any atom is -0.383 e. The summed E-state index contributed by atoms with van der Waals surface area (Å²) >= 11 is 5.59. The Morgan fingerprint density at radius 3 is 2.88 bits per heavy atom. The standard InChI is InChI=1S/C11H14ClFN2O2/c1-7(6-17-2)14-11(16)15-8-3-4-10(13)9(12)5-8/h3-5,7H,6H2,1-2H3,(H2,14,15,16). The molecule has 1 rings (SSSR count). The number of ether oxygens (including phenoxy) is 1. The highest BCUT2D eigenvalue weighted by Crippen LogP contribution is 2.19. The van der Waals surface area contributed by atoms with E-state index in [0.717, 1.165) is 0 Å². The van der Waals surface area contributed by atoms with Gasteiger partial charge >= 0.3 is 6.03 Å². The lowest BCUT2D eigenvalue weighted by Gasteiger charge is -2.13. The molecular formula is C11H14ClFN2O2. The molecule has 0 heterocycles. The topological polar surface area (TPSA) is 50.4 Å². The van der Waals surface area contributed by atoms with E-state index in [1.54, 1.807) is 14.0 Å². The van der Waals surface area contributed by atoms with Gasteiger partial charge in [-0.2, -0.15) is 0 Å². The summed E-state index contributed by atoms with van der Waals surface area (Å²) in [6.07, 6.45) is 0. The van der Waals surface area contributed by atoms with Gasteiger partial charge in [-0.25, -0.2) is 9.18 Å². The van der Waals surface area contributed by atoms with Gasteiger partial charge in [0.15, 0.2) is 0 Å². The molecule has 0 fully saturated rings. The van der Waals surface area contributed by atoms with Crippen molar-refractivity contribution < 1.29 is 13.9 Å². The third-order valence-electron chi connectivity index (χ3n) is 1.97. The summed E-state index contributed by atoms with van der Waals surface area (Å²) in [5.74, 6) is -0.523. The van der Waals surface area contributed by atoms with Gasteiger partial charge < -0.3 is 15.4 Å². The van der Waals surface area contributed by atoms with Crippen molar-refractivity contribution in [3.63, 3.8) is 0 Å². The van der Waals surface area contributed by atoms with Crippen LogP contribution in [0.15, 0.2) is 18.2 Å². The second kappa shape index (κ2) is 6.42. The number of carbonyl (C=O) groups excluding carboxylic acids is 1. The Hall–Kier alpha value is -1.33. The van der Waals surface area contributed by atoms with Crippen LogP contribution in [0.5, 0.6) is 0 Å². The molecule has 1 aromatic rings. The maximum atomic E-state index is 12.9. The van der Waals surface area contributed by atoms with Gasteiger partial charge in [0.1, 0.15) is 5.82 Å². The van der Waals surface area contributed by atoms with E-state index < -0.39 is 11.8 Å². The maximum Gasteiger partial charge on any atom is 0.319 e. The number of hydrogen-bond donors (Lipinski definition) is 2. The van der Waals surface area contributed by atoms with E-state index in [-0.39, 0.29) is 11.1 Å². The SMILES string of the molecule is COCC(C)NC(=O)Nc1ccc(F)c(Cl)c1. The van der Waals surface area contributed by atoms with E-state index in [2.05, 4.69) is 10.6 Å². The molecule has 1 aromatic carbocycles. The Morgan fingerprint density at radius 1 is 1.59 bits per heavy atom. The molecule has 2 amide bonds. The second-order valence-electron chi connectivity index (χ2n) is 3.58. The van der Waals surface area contributed by atoms with Crippen molar-refractivity contribution in [2.24, 2.45) is 0 Å². The summed E-state index contributed by atoms with van der Waals surface area (Å²) in [6, 6.07) is 3.46. The molecule has 0 aliphatic rings. The highest BCUT2D eigenvalue weighted by Gasteiger charge is 2.08. The summed E-state index contributed by atoms with van der Waals surface area (Å²) in [7, 11) is 1.55. The first-order chi connectivity index (χ1) is 8.02. The Labute approximate surface area is 104 Å². The monoisotopic (exact) mass is 260 g/mol. The van der Waals surface area contributed by atoms with Gasteiger partial charge in [-0.05, 0) is 25.1 Å². The zero-order valence-electron chi connectivity index (χ0n) is 9.59. The molecule has 1 atom stereocenters. The molecule has 94 valence electrons. The minimum absolute atomic E-state index is 0.0345. The lowest BCUT2D eigenvalue weighted by molar-refractivity contribution is 0.173. The van der Waals surface area contributed by atoms with Crippen LogP contribution in [0.4, 0.5) is 14.9 Å². The van der Waals surface area contributed by atoms with E-state index in [0.29, 0.717) is 12.3 Å². The fourth-order valence-electron chi connectivity index (χ4n) is 1.26. The summed E-state index contributed by atoms with van der Waals surface area (Å²) in [5, 5.41) is 5.16. The van der Waals surface area contributed by atoms with Crippen molar-refractivity contribution in [1.29, 1.82) is 0 Å². The molecule has 2 N–H and O–H groups in total. The van der Waals surface area contributed by atoms with Crippen molar-refractivity contribution in [2.45, 2.75) is 13.0 Å². The van der Waals surface area contributed by atoms with Crippen molar-refractivity contribution in [1.82, 2.24) is 5.32 Å². The third-order valence-corrected chi connectivity index (χ3v) is 2.26. The predicted molar refractivity (Wildman–Crippen MR) is 64.9 cm³/mol. The van der Waals surface area contributed by atoms with Gasteiger partial charge in [0.25, 0.3) is 0 Å². The van der Waals surface area contributed by atoms with Crippen LogP contribution in [0.3, 0.4) is 0 Å². The van der Waals surface area contributed by atoms with Gasteiger partial charge in [-0.15, -0.1) is 0 Å². The van der Waals surface area contributed by atoms with Crippen LogP contribution >= 0.6 is 11.6 Å². The molecule has 6 heteroatoms. The highest BCUT2D eigenvalue weighted by molar-refractivity contribution is 6.31. The summed E-state index contributed by atoms with van der Waals surface area (Å²) in [4.78, 5) is 11.5. The molecule has 0 saturated heterocycles. The minimum atomic E-state index is -0.523. The quantitative estimate of drug-likeness (QED) is 0.874. The van der Waals surface area contributed by atoms with Gasteiger partial charge in [0.05, 0.1) is 17.7 Å². The third kappa shape index (κ3) is 4.58. The fourth-order valence-corrected chi connectivity index (χ4v) is 1.44. The van der Waals surface area contributed by atoms with Gasteiger partial charge in [-0.1, -0.05) is 11.6 Å². The number of methoxy groups -OCH3 is 1. The van der Waals surface area contributed by atoms with Crippen LogP contribution in [-0.2, 0) is 4.74 Å². The number of urea groups is 1. The molecule has 0 spiro atoms. The van der Waals surface area contributed by atoms with Gasteiger partial charge in [0.2, 0.25) is 0 Å². The Kier molecular flexibility index (Phi) is 5.18. The average molecular weight is 261 g/mol. The fraction of sp³-hybridized carbons (Fsp3) is 0.364. The molecule has 0 aliphatic carbocycles. The Balaban J connectivity index is 2.53. The summed E-state index contributed by atoms with van der Waals surface area (Å²) in [5.41, 5.74) is 0.429. The highest BCUT2D eigenvalue weighted by atomic mass is 35.5. The van der Waals surface area contributed by atoms with Crippen LogP contribution in [-0.4, -0.2) is 25.8 Å². The largest absolute Gasteiger partial charge is 0.383 e. The van der Waals surface area contributed by atoms with Crippen molar-refractivity contribution in [2.75, 3.05) is 19.0 Å². The van der Waals surface area contributed by atoms with Gasteiger partial charge in [0, 0.05) is 12.8 Å². The molecular weight excluding hydrogens is 247 g/mol. The number of nitrogens with one attached hydrogen (secondary N) is 2. The van der Waals surface area contributed by atoms with E-state index in [4.69, 9.17) is 16.3 Å². The molecule has 4 nitrogen and oxygen atoms in total. The number of halogens is 2. The Morgan fingerprint density at radius 2 is 2.29 bits per heavy atom. The first kappa shape index (κ1) is 13.7. The maximum absolute atomic E-state index is 12.9. The lowest BCUT2D eigenvalue weighted by atomic mass is 10.3. The molecule has 17 heavy (non-hydrogen) atoms. The lowest BCUT2D eigenvalue weighted by Crippen LogP contribution is -2.38. The molecule has 0 radical (unpaired) electrons. The smallest absolute Gasteiger partial charge is 0.319 e. The van der Waals surface area contributed by atoms with Crippen LogP contribution in [0, 0.1) is 5.82 Å². The molecule has 0 bridgehead atoms. The van der Waals surface area contributed by atoms with Crippen molar-refractivity contribution >= 4 is 23.3 Å². The van der Waals surface area contributed by atoms with E-state index in [1.807, 2.05) is 0 Å². The zero-order chi connectivity index (χ0) is 12.8. The first-order valence-corrected chi connectivity index (χ1v) is 5.42. The van der Waals surface area contributed by atoms with Crippen molar-refractivity contribution in [3.8, 4) is 0 Å². The average Bonchev–Trinajstić information content (AvgIpc) is 2.23. The molecule has 1 unspecified atom stereocenters. The number of carbonyl (C=O) groups is 1. The van der Waals surface area contributed by atoms with E-state index >= 15 is 0 Å². The predicted octanol–water partition coefficient (Wildman–Crippen LogP) is 2.64. The number of rotatable bonds is 4. The van der Waals surface area contributed by atoms with Crippen LogP contribution in [0.25, 0.3) is 0 Å².